The van der Waals surface area contributed by atoms with Crippen LogP contribution in [0.2, 0.25) is 0 Å². The van der Waals surface area contributed by atoms with Gasteiger partial charge in [0, 0.05) is 27.8 Å². The monoisotopic (exact) mass is 951 g/mol. The highest BCUT2D eigenvalue weighted by Crippen LogP contribution is 2.56. The van der Waals surface area contributed by atoms with Gasteiger partial charge in [-0.3, -0.25) is 0 Å². The average molecular weight is 952 g/mol. The minimum atomic E-state index is -0.545. The molecule has 0 amide bonds. The van der Waals surface area contributed by atoms with Crippen molar-refractivity contribution in [3.8, 4) is 89.6 Å². The van der Waals surface area contributed by atoms with Crippen LogP contribution in [0.3, 0.4) is 0 Å². The molecule has 0 unspecified atom stereocenters. The van der Waals surface area contributed by atoms with Gasteiger partial charge in [0.05, 0.1) is 15.6 Å². The molecule has 0 aliphatic heterocycles. The summed E-state index contributed by atoms with van der Waals surface area (Å²) in [6.07, 6.45) is 0. The number of rotatable bonds is 9. The highest BCUT2D eigenvalue weighted by atomic mass is 32.1. The number of benzene rings is 10. The molecule has 3 heterocycles. The largest absolute Gasteiger partial charge is 0.436 e. The molecule has 0 bridgehead atoms. The molecule has 7 heteroatoms. The van der Waals surface area contributed by atoms with Crippen molar-refractivity contribution >= 4 is 32.7 Å². The lowest BCUT2D eigenvalue weighted by atomic mass is 9.67. The van der Waals surface area contributed by atoms with Crippen molar-refractivity contribution < 1.29 is 4.42 Å². The first-order chi connectivity index (χ1) is 36.1. The van der Waals surface area contributed by atoms with Gasteiger partial charge in [0.1, 0.15) is 10.5 Å². The fourth-order valence-corrected chi connectivity index (χ4v) is 11.7. The predicted octanol–water partition coefficient (Wildman–Crippen LogP) is 16.7. The molecule has 3 aromatic heterocycles. The Kier molecular flexibility index (Phi) is 10.2. The van der Waals surface area contributed by atoms with E-state index >= 15 is 0 Å². The van der Waals surface area contributed by atoms with Gasteiger partial charge in [0.25, 0.3) is 0 Å². The zero-order valence-electron chi connectivity index (χ0n) is 39.2. The number of hydrogen-bond acceptors (Lipinski definition) is 7. The third kappa shape index (κ3) is 7.36. The molecule has 1 aliphatic carbocycles. The molecule has 0 N–H and O–H groups in total. The molecule has 0 radical (unpaired) electrons. The number of oxazole rings is 1. The van der Waals surface area contributed by atoms with E-state index in [4.69, 9.17) is 29.3 Å². The molecule has 73 heavy (non-hydrogen) atoms. The highest BCUT2D eigenvalue weighted by molar-refractivity contribution is 7.21. The lowest BCUT2D eigenvalue weighted by molar-refractivity contribution is 0.620. The summed E-state index contributed by atoms with van der Waals surface area (Å²) >= 11 is 1.65. The fourth-order valence-electron chi connectivity index (χ4n) is 10.7. The molecule has 6 nitrogen and oxygen atoms in total. The molecular formula is C66H41N5OS. The maximum Gasteiger partial charge on any atom is 0.227 e. The van der Waals surface area contributed by atoms with Crippen molar-refractivity contribution in [2.45, 2.75) is 5.41 Å². The summed E-state index contributed by atoms with van der Waals surface area (Å²) in [4.78, 5) is 26.5. The van der Waals surface area contributed by atoms with E-state index in [0.717, 1.165) is 76.4 Å². The summed E-state index contributed by atoms with van der Waals surface area (Å²) < 4.78 is 7.56. The number of thiazole rings is 1. The summed E-state index contributed by atoms with van der Waals surface area (Å²) in [5, 5.41) is 0.871. The lowest BCUT2D eigenvalue weighted by Crippen LogP contribution is -2.28. The Bertz CT molecular complexity index is 3950. The van der Waals surface area contributed by atoms with Crippen molar-refractivity contribution in [3.05, 3.63) is 271 Å². The molecule has 13 aromatic rings. The third-order valence-corrected chi connectivity index (χ3v) is 15.1. The van der Waals surface area contributed by atoms with Crippen LogP contribution in [0.15, 0.2) is 253 Å². The molecular weight excluding hydrogens is 911 g/mol. The number of fused-ring (bicyclic) bond motifs is 5. The predicted molar refractivity (Wildman–Crippen MR) is 296 cm³/mol. The summed E-state index contributed by atoms with van der Waals surface area (Å²) in [5.74, 6) is 2.11. The summed E-state index contributed by atoms with van der Waals surface area (Å²) in [6, 6.07) is 87.3. The molecule has 342 valence electrons. The average Bonchev–Trinajstić information content (AvgIpc) is 4.20. The fraction of sp³-hybridized carbons (Fsp3) is 0.0152. The topological polar surface area (TPSA) is 77.6 Å². The van der Waals surface area contributed by atoms with Gasteiger partial charge in [-0.2, -0.15) is 0 Å². The maximum absolute atomic E-state index is 6.46. The first-order valence-corrected chi connectivity index (χ1v) is 25.2. The van der Waals surface area contributed by atoms with Crippen LogP contribution in [0.5, 0.6) is 0 Å². The zero-order valence-corrected chi connectivity index (χ0v) is 40.0. The van der Waals surface area contributed by atoms with Crippen LogP contribution >= 0.6 is 11.3 Å². The minimum Gasteiger partial charge on any atom is -0.436 e. The van der Waals surface area contributed by atoms with E-state index < -0.39 is 5.41 Å². The van der Waals surface area contributed by atoms with Crippen LogP contribution in [-0.2, 0) is 5.41 Å². The highest BCUT2D eigenvalue weighted by Gasteiger charge is 2.46. The van der Waals surface area contributed by atoms with Gasteiger partial charge < -0.3 is 4.42 Å². The SMILES string of the molecule is c1ccc(-c2cc(-c3ccccc3)cc(-c3nc(-c4cc(-c5nc6ccccc6o5)cc(-c5nc6ccccc6s5)c4)nc(-c4ccc5c(c4)-c4ccccc4C5(c4ccccc4)c4ccccc4)n3)c2)cc1. The van der Waals surface area contributed by atoms with Crippen molar-refractivity contribution in [2.24, 2.45) is 0 Å². The van der Waals surface area contributed by atoms with E-state index in [1.807, 2.05) is 42.5 Å². The summed E-state index contributed by atoms with van der Waals surface area (Å²) in [5.41, 5.74) is 17.6. The Balaban J connectivity index is 1.02. The lowest BCUT2D eigenvalue weighted by Gasteiger charge is -2.33. The molecule has 0 atom stereocenters. The summed E-state index contributed by atoms with van der Waals surface area (Å²) in [7, 11) is 0. The molecule has 0 spiro atoms. The standard InChI is InChI=1S/C66H41N5OS/c1-5-19-42(20-6-1)45-35-46(43-21-7-2-8-22-43)37-47(36-45)62-69-61(44-33-34-56-54(41-44)53-27-13-14-28-55(53)66(56,51-23-9-3-10-24-51)52-25-11-4-12-26-52)70-63(71-62)48-38-49(64-67-57-29-15-17-31-59(57)72-64)40-50(39-48)65-68-58-30-16-18-32-60(58)73-65/h1-41H. The van der Waals surface area contributed by atoms with Crippen LogP contribution < -0.4 is 0 Å². The second kappa shape index (κ2) is 17.5. The van der Waals surface area contributed by atoms with Crippen molar-refractivity contribution in [3.63, 3.8) is 0 Å². The van der Waals surface area contributed by atoms with Crippen LogP contribution in [0, 0.1) is 0 Å². The van der Waals surface area contributed by atoms with Gasteiger partial charge in [-0.05, 0) is 122 Å². The maximum atomic E-state index is 6.46. The van der Waals surface area contributed by atoms with Gasteiger partial charge in [-0.25, -0.2) is 24.9 Å². The Morgan fingerprint density at radius 2 is 0.808 bits per heavy atom. The molecule has 1 aliphatic rings. The molecule has 14 rings (SSSR count). The Labute approximate surface area is 425 Å². The van der Waals surface area contributed by atoms with Crippen LogP contribution in [0.1, 0.15) is 22.3 Å². The molecule has 0 saturated carbocycles. The van der Waals surface area contributed by atoms with E-state index in [0.29, 0.717) is 28.9 Å². The number of aromatic nitrogens is 5. The van der Waals surface area contributed by atoms with Gasteiger partial charge in [0.2, 0.25) is 5.89 Å². The normalized spacial score (nSPS) is 12.5. The van der Waals surface area contributed by atoms with E-state index in [1.165, 1.54) is 27.8 Å². The van der Waals surface area contributed by atoms with Crippen molar-refractivity contribution in [1.82, 2.24) is 24.9 Å². The van der Waals surface area contributed by atoms with E-state index in [-0.39, 0.29) is 0 Å². The number of nitrogens with zero attached hydrogens (tertiary/aromatic N) is 5. The van der Waals surface area contributed by atoms with Crippen LogP contribution in [-0.4, -0.2) is 24.9 Å². The van der Waals surface area contributed by atoms with E-state index in [9.17, 15) is 0 Å². The van der Waals surface area contributed by atoms with Crippen LogP contribution in [0.25, 0.3) is 111 Å². The number of hydrogen-bond donors (Lipinski definition) is 0. The second-order valence-corrected chi connectivity index (χ2v) is 19.4. The molecule has 0 fully saturated rings. The first kappa shape index (κ1) is 42.4. The Morgan fingerprint density at radius 3 is 1.45 bits per heavy atom. The van der Waals surface area contributed by atoms with Gasteiger partial charge in [0.15, 0.2) is 23.1 Å². The zero-order chi connectivity index (χ0) is 48.3. The Morgan fingerprint density at radius 1 is 0.315 bits per heavy atom. The van der Waals surface area contributed by atoms with E-state index in [1.54, 1.807) is 11.3 Å². The minimum absolute atomic E-state index is 0.501. The second-order valence-electron chi connectivity index (χ2n) is 18.4. The van der Waals surface area contributed by atoms with Gasteiger partial charge in [-0.15, -0.1) is 11.3 Å². The quantitative estimate of drug-likeness (QED) is 0.143. The van der Waals surface area contributed by atoms with Gasteiger partial charge >= 0.3 is 0 Å². The first-order valence-electron chi connectivity index (χ1n) is 24.4. The van der Waals surface area contributed by atoms with Crippen molar-refractivity contribution in [1.29, 1.82) is 0 Å². The Hall–Kier alpha value is -9.43. The van der Waals surface area contributed by atoms with Crippen LogP contribution in [0.4, 0.5) is 0 Å². The third-order valence-electron chi connectivity index (χ3n) is 14.0. The summed E-state index contributed by atoms with van der Waals surface area (Å²) in [6.45, 7) is 0. The van der Waals surface area contributed by atoms with Gasteiger partial charge in [-0.1, -0.05) is 182 Å². The van der Waals surface area contributed by atoms with Crippen molar-refractivity contribution in [2.75, 3.05) is 0 Å². The molecule has 0 saturated heterocycles. The molecule has 10 aromatic carbocycles. The smallest absolute Gasteiger partial charge is 0.227 e. The van der Waals surface area contributed by atoms with E-state index in [2.05, 4.69) is 206 Å². The number of para-hydroxylation sites is 3.